The summed E-state index contributed by atoms with van der Waals surface area (Å²) in [6.45, 7) is 3.69. The molecular weight excluding hydrogens is 411 g/mol. The van der Waals surface area contributed by atoms with Gasteiger partial charge in [0.05, 0.1) is 0 Å². The Kier molecular flexibility index (Phi) is 8.17. The number of allylic oxidation sites excluding steroid dienone is 3. The highest BCUT2D eigenvalue weighted by Crippen LogP contribution is 2.45. The van der Waals surface area contributed by atoms with Crippen molar-refractivity contribution in [1.29, 1.82) is 0 Å². The second-order valence-electron chi connectivity index (χ2n) is 9.00. The smallest absolute Gasteiger partial charge is 0.399 e. The largest absolute Gasteiger partial charge is 0.573 e. The molecule has 0 N–H and O–H groups in total. The van der Waals surface area contributed by atoms with Crippen molar-refractivity contribution in [1.82, 2.24) is 0 Å². The number of benzene rings is 1. The van der Waals surface area contributed by atoms with Crippen LogP contribution in [-0.4, -0.2) is 6.36 Å². The van der Waals surface area contributed by atoms with Crippen LogP contribution in [0.3, 0.4) is 0 Å². The molecule has 0 aromatic heterocycles. The minimum atomic E-state index is -5.12. The van der Waals surface area contributed by atoms with Gasteiger partial charge in [-0.1, -0.05) is 37.6 Å². The van der Waals surface area contributed by atoms with Crippen molar-refractivity contribution in [2.75, 3.05) is 0 Å². The van der Waals surface area contributed by atoms with Crippen LogP contribution < -0.4 is 4.74 Å². The Hall–Kier alpha value is -1.85. The highest BCUT2D eigenvalue weighted by molar-refractivity contribution is 5.33. The molecule has 0 heterocycles. The average Bonchev–Trinajstić information content (AvgIpc) is 2.74. The molecule has 31 heavy (non-hydrogen) atoms. The molecule has 2 fully saturated rings. The summed E-state index contributed by atoms with van der Waals surface area (Å²) in [7, 11) is 0. The van der Waals surface area contributed by atoms with E-state index >= 15 is 0 Å². The molecule has 1 aromatic carbocycles. The van der Waals surface area contributed by atoms with Gasteiger partial charge in [0, 0.05) is 0 Å². The van der Waals surface area contributed by atoms with Gasteiger partial charge in [-0.3, -0.25) is 0 Å². The van der Waals surface area contributed by atoms with E-state index in [9.17, 15) is 22.0 Å². The molecule has 2 aliphatic carbocycles. The third-order valence-electron chi connectivity index (χ3n) is 7.05. The van der Waals surface area contributed by atoms with Gasteiger partial charge < -0.3 is 4.74 Å². The van der Waals surface area contributed by atoms with Gasteiger partial charge >= 0.3 is 6.36 Å². The fourth-order valence-electron chi connectivity index (χ4n) is 5.43. The second-order valence-corrected chi connectivity index (χ2v) is 9.00. The number of ether oxygens (including phenoxy) is 1. The molecule has 1 aromatic rings. The van der Waals surface area contributed by atoms with Crippen molar-refractivity contribution in [3.63, 3.8) is 0 Å². The molecule has 0 unspecified atom stereocenters. The standard InChI is InChI=1S/C25H31F5O/c1-2-3-4-5-6-17-7-9-18(10-8-17)19-11-13-20(14-12-19)21-15-22(26)24(23(27)16-21)31-25(28,29)30/h2-4,15-20H,1,5-14H2/b4-3+. The Morgan fingerprint density at radius 1 is 0.903 bits per heavy atom. The van der Waals surface area contributed by atoms with E-state index in [0.717, 1.165) is 56.1 Å². The molecule has 0 amide bonds. The molecule has 0 bridgehead atoms. The van der Waals surface area contributed by atoms with Crippen molar-refractivity contribution in [3.05, 3.63) is 54.1 Å². The van der Waals surface area contributed by atoms with Gasteiger partial charge in [-0.05, 0) is 92.7 Å². The van der Waals surface area contributed by atoms with Gasteiger partial charge in [-0.15, -0.1) is 13.2 Å². The Bertz CT molecular complexity index is 731. The van der Waals surface area contributed by atoms with E-state index in [1.165, 1.54) is 32.1 Å². The quantitative estimate of drug-likeness (QED) is 0.304. The molecule has 0 atom stereocenters. The third kappa shape index (κ3) is 6.81. The van der Waals surface area contributed by atoms with Crippen LogP contribution in [-0.2, 0) is 0 Å². The lowest BCUT2D eigenvalue weighted by Crippen LogP contribution is -2.25. The van der Waals surface area contributed by atoms with Gasteiger partial charge in [0.2, 0.25) is 5.75 Å². The topological polar surface area (TPSA) is 9.23 Å². The van der Waals surface area contributed by atoms with Crippen LogP contribution in [0.25, 0.3) is 0 Å². The fourth-order valence-corrected chi connectivity index (χ4v) is 5.43. The monoisotopic (exact) mass is 442 g/mol. The van der Waals surface area contributed by atoms with Crippen LogP contribution in [0, 0.1) is 29.4 Å². The lowest BCUT2D eigenvalue weighted by atomic mass is 9.68. The SMILES string of the molecule is C=C/C=C/CCC1CCC(C2CCC(c3cc(F)c(OC(F)(F)F)c(F)c3)CC2)CC1. The number of alkyl halides is 3. The van der Waals surface area contributed by atoms with Crippen molar-refractivity contribution < 1.29 is 26.7 Å². The molecule has 1 nitrogen and oxygen atoms in total. The predicted molar refractivity (Wildman–Crippen MR) is 112 cm³/mol. The predicted octanol–water partition coefficient (Wildman–Crippen LogP) is 8.47. The van der Waals surface area contributed by atoms with Gasteiger partial charge in [0.1, 0.15) is 0 Å². The Morgan fingerprint density at radius 2 is 1.45 bits per heavy atom. The van der Waals surface area contributed by atoms with Crippen LogP contribution in [0.5, 0.6) is 5.75 Å². The summed E-state index contributed by atoms with van der Waals surface area (Å²) in [5, 5.41) is 0. The summed E-state index contributed by atoms with van der Waals surface area (Å²) in [5.41, 5.74) is 0.430. The molecule has 0 spiro atoms. The van der Waals surface area contributed by atoms with E-state index in [0.29, 0.717) is 11.5 Å². The van der Waals surface area contributed by atoms with E-state index < -0.39 is 23.7 Å². The van der Waals surface area contributed by atoms with Gasteiger partial charge in [0.25, 0.3) is 0 Å². The summed E-state index contributed by atoms with van der Waals surface area (Å²) in [5.74, 6) is -1.83. The minimum absolute atomic E-state index is 0.0202. The van der Waals surface area contributed by atoms with E-state index in [1.54, 1.807) is 6.08 Å². The molecule has 0 radical (unpaired) electrons. The fraction of sp³-hybridized carbons (Fsp3) is 0.600. The van der Waals surface area contributed by atoms with Gasteiger partial charge in [-0.25, -0.2) is 8.78 Å². The van der Waals surface area contributed by atoms with Crippen molar-refractivity contribution in [2.24, 2.45) is 17.8 Å². The highest BCUT2D eigenvalue weighted by atomic mass is 19.4. The van der Waals surface area contributed by atoms with Crippen LogP contribution in [0.2, 0.25) is 0 Å². The molecule has 0 aliphatic heterocycles. The van der Waals surface area contributed by atoms with E-state index in [2.05, 4.69) is 17.4 Å². The molecule has 0 saturated heterocycles. The van der Waals surface area contributed by atoms with E-state index in [1.807, 2.05) is 6.08 Å². The number of halogens is 5. The number of rotatable bonds is 7. The Labute approximate surface area is 181 Å². The number of hydrogen-bond donors (Lipinski definition) is 0. The first kappa shape index (κ1) is 23.8. The highest BCUT2D eigenvalue weighted by Gasteiger charge is 2.35. The molecular formula is C25H31F5O. The zero-order valence-corrected chi connectivity index (χ0v) is 17.8. The summed E-state index contributed by atoms with van der Waals surface area (Å²) in [4.78, 5) is 0. The Balaban J connectivity index is 1.49. The van der Waals surface area contributed by atoms with Crippen LogP contribution in [0.15, 0.2) is 36.9 Å². The van der Waals surface area contributed by atoms with Crippen molar-refractivity contribution >= 4 is 0 Å². The maximum Gasteiger partial charge on any atom is 0.573 e. The lowest BCUT2D eigenvalue weighted by molar-refractivity contribution is -0.276. The van der Waals surface area contributed by atoms with Crippen molar-refractivity contribution in [3.8, 4) is 5.75 Å². The Morgan fingerprint density at radius 3 is 1.97 bits per heavy atom. The molecule has 172 valence electrons. The average molecular weight is 443 g/mol. The molecule has 2 saturated carbocycles. The summed E-state index contributed by atoms with van der Waals surface area (Å²) < 4.78 is 68.6. The first-order valence-corrected chi connectivity index (χ1v) is 11.3. The maximum absolute atomic E-state index is 14.1. The van der Waals surface area contributed by atoms with Crippen LogP contribution in [0.4, 0.5) is 22.0 Å². The van der Waals surface area contributed by atoms with Gasteiger partial charge in [0.15, 0.2) is 11.6 Å². The van der Waals surface area contributed by atoms with Crippen LogP contribution in [0.1, 0.15) is 75.7 Å². The maximum atomic E-state index is 14.1. The zero-order chi connectivity index (χ0) is 22.4. The van der Waals surface area contributed by atoms with Gasteiger partial charge in [-0.2, -0.15) is 0 Å². The summed E-state index contributed by atoms with van der Waals surface area (Å²) in [6, 6.07) is 2.00. The lowest BCUT2D eigenvalue weighted by Gasteiger charge is -2.38. The third-order valence-corrected chi connectivity index (χ3v) is 7.05. The molecule has 2 aliphatic rings. The normalized spacial score (nSPS) is 27.4. The van der Waals surface area contributed by atoms with Crippen molar-refractivity contribution in [2.45, 2.75) is 76.5 Å². The van der Waals surface area contributed by atoms with E-state index in [-0.39, 0.29) is 5.92 Å². The van der Waals surface area contributed by atoms with E-state index in [4.69, 9.17) is 0 Å². The zero-order valence-electron chi connectivity index (χ0n) is 17.8. The molecule has 6 heteroatoms. The number of hydrogen-bond acceptors (Lipinski definition) is 1. The first-order chi connectivity index (χ1) is 14.8. The summed E-state index contributed by atoms with van der Waals surface area (Å²) >= 11 is 0. The summed E-state index contributed by atoms with van der Waals surface area (Å²) in [6.07, 6.45) is 11.9. The van der Waals surface area contributed by atoms with Crippen LogP contribution >= 0.6 is 0 Å². The first-order valence-electron chi connectivity index (χ1n) is 11.3. The second kappa shape index (κ2) is 10.6. The minimum Gasteiger partial charge on any atom is -0.399 e. The molecule has 3 rings (SSSR count).